The molecule has 0 saturated carbocycles. The van der Waals surface area contributed by atoms with Gasteiger partial charge >= 0.3 is 0 Å². The van der Waals surface area contributed by atoms with Crippen molar-refractivity contribution in [3.05, 3.63) is 70.4 Å². The number of nitrogens with one attached hydrogen (secondary N) is 1. The van der Waals surface area contributed by atoms with E-state index in [1.807, 2.05) is 48.5 Å². The summed E-state index contributed by atoms with van der Waals surface area (Å²) in [5.74, 6) is 0.183. The van der Waals surface area contributed by atoms with Crippen LogP contribution >= 0.6 is 11.6 Å². The molecular weight excluding hydrogens is 320 g/mol. The molecule has 3 aromatic rings. The largest absolute Gasteiger partial charge is 0.380 e. The average molecular weight is 337 g/mol. The highest BCUT2D eigenvalue weighted by atomic mass is 35.5. The molecule has 4 rings (SSSR count). The lowest BCUT2D eigenvalue weighted by Gasteiger charge is -2.21. The van der Waals surface area contributed by atoms with Crippen molar-refractivity contribution < 1.29 is 4.79 Å². The second-order valence-corrected chi connectivity index (χ2v) is 6.52. The molecule has 0 unspecified atom stereocenters. The van der Waals surface area contributed by atoms with E-state index in [9.17, 15) is 4.79 Å². The first kappa shape index (κ1) is 15.2. The molecule has 0 fully saturated rings. The van der Waals surface area contributed by atoms with Crippen molar-refractivity contribution in [3.63, 3.8) is 0 Å². The summed E-state index contributed by atoms with van der Waals surface area (Å²) in [6.45, 7) is 0.619. The smallest absolute Gasteiger partial charge is 0.166 e. The Hall–Kier alpha value is -2.39. The predicted molar refractivity (Wildman–Crippen MR) is 97.8 cm³/mol. The van der Waals surface area contributed by atoms with E-state index in [1.165, 1.54) is 0 Å². The Morgan fingerprint density at radius 3 is 2.83 bits per heavy atom. The van der Waals surface area contributed by atoms with E-state index in [-0.39, 0.29) is 5.78 Å². The number of ketones is 1. The molecule has 0 saturated heterocycles. The van der Waals surface area contributed by atoms with Crippen LogP contribution in [0.15, 0.2) is 48.5 Å². The number of para-hydroxylation sites is 1. The van der Waals surface area contributed by atoms with Crippen LogP contribution in [0.25, 0.3) is 10.9 Å². The van der Waals surface area contributed by atoms with Gasteiger partial charge in [-0.1, -0.05) is 41.9 Å². The molecule has 0 aliphatic heterocycles. The third kappa shape index (κ3) is 2.76. The van der Waals surface area contributed by atoms with E-state index in [0.717, 1.165) is 46.3 Å². The minimum atomic E-state index is 0.183. The van der Waals surface area contributed by atoms with Crippen LogP contribution in [0.4, 0.5) is 5.69 Å². The number of halogens is 1. The molecule has 3 nitrogen and oxygen atoms in total. The van der Waals surface area contributed by atoms with Crippen LogP contribution in [-0.4, -0.2) is 10.8 Å². The van der Waals surface area contributed by atoms with E-state index in [2.05, 4.69) is 5.32 Å². The fourth-order valence-electron chi connectivity index (χ4n) is 3.31. The van der Waals surface area contributed by atoms with Crippen molar-refractivity contribution >= 4 is 34.0 Å². The lowest BCUT2D eigenvalue weighted by Crippen LogP contribution is -2.16. The fraction of sp³-hybridized carbons (Fsp3) is 0.200. The maximum absolute atomic E-state index is 12.5. The topological polar surface area (TPSA) is 42.0 Å². The molecule has 1 aliphatic carbocycles. The van der Waals surface area contributed by atoms with Gasteiger partial charge in [0, 0.05) is 23.4 Å². The van der Waals surface area contributed by atoms with Gasteiger partial charge in [-0.25, -0.2) is 0 Å². The van der Waals surface area contributed by atoms with Gasteiger partial charge in [-0.15, -0.1) is 0 Å². The number of nitrogens with zero attached hydrogens (tertiary/aromatic N) is 1. The van der Waals surface area contributed by atoms with Gasteiger partial charge in [-0.05, 0) is 36.6 Å². The molecule has 0 bridgehead atoms. The van der Waals surface area contributed by atoms with Gasteiger partial charge in [0.15, 0.2) is 5.78 Å². The Kier molecular flexibility index (Phi) is 3.95. The van der Waals surface area contributed by atoms with Crippen molar-refractivity contribution in [1.29, 1.82) is 0 Å². The molecule has 1 aliphatic rings. The average Bonchev–Trinajstić information content (AvgIpc) is 2.59. The summed E-state index contributed by atoms with van der Waals surface area (Å²) in [6.07, 6.45) is 2.33. The highest BCUT2D eigenvalue weighted by Crippen LogP contribution is 2.33. The molecule has 24 heavy (non-hydrogen) atoms. The number of hydrogen-bond acceptors (Lipinski definition) is 3. The first-order valence-corrected chi connectivity index (χ1v) is 8.53. The normalized spacial score (nSPS) is 13.8. The molecule has 120 valence electrons. The van der Waals surface area contributed by atoms with Crippen molar-refractivity contribution in [2.24, 2.45) is 0 Å². The van der Waals surface area contributed by atoms with Crippen LogP contribution in [0.1, 0.15) is 34.5 Å². The molecule has 1 heterocycles. The Balaban J connectivity index is 1.80. The summed E-state index contributed by atoms with van der Waals surface area (Å²) in [5.41, 5.74) is 4.60. The van der Waals surface area contributed by atoms with Gasteiger partial charge in [0.25, 0.3) is 0 Å². The van der Waals surface area contributed by atoms with Crippen LogP contribution in [0.5, 0.6) is 0 Å². The van der Waals surface area contributed by atoms with Crippen LogP contribution < -0.4 is 5.32 Å². The molecule has 0 spiro atoms. The molecule has 0 atom stereocenters. The van der Waals surface area contributed by atoms with Gasteiger partial charge in [-0.3, -0.25) is 9.78 Å². The van der Waals surface area contributed by atoms with Crippen LogP contribution in [0, 0.1) is 0 Å². The number of anilines is 1. The first-order valence-electron chi connectivity index (χ1n) is 8.15. The van der Waals surface area contributed by atoms with Crippen molar-refractivity contribution in [1.82, 2.24) is 4.98 Å². The number of carbonyl (C=O) groups is 1. The minimum absolute atomic E-state index is 0.183. The van der Waals surface area contributed by atoms with Crippen molar-refractivity contribution in [2.75, 3.05) is 5.32 Å². The van der Waals surface area contributed by atoms with Gasteiger partial charge < -0.3 is 5.32 Å². The van der Waals surface area contributed by atoms with Crippen LogP contribution in [0.2, 0.25) is 5.02 Å². The van der Waals surface area contributed by atoms with E-state index >= 15 is 0 Å². The van der Waals surface area contributed by atoms with Crippen molar-refractivity contribution in [2.45, 2.75) is 25.8 Å². The Bertz CT molecular complexity index is 936. The summed E-state index contributed by atoms with van der Waals surface area (Å²) >= 11 is 6.07. The Labute approximate surface area is 145 Å². The summed E-state index contributed by atoms with van der Waals surface area (Å²) < 4.78 is 0. The third-order valence-corrected chi connectivity index (χ3v) is 4.66. The number of hydrogen-bond donors (Lipinski definition) is 1. The third-order valence-electron chi connectivity index (χ3n) is 4.42. The van der Waals surface area contributed by atoms with E-state index < -0.39 is 0 Å². The molecule has 4 heteroatoms. The van der Waals surface area contributed by atoms with E-state index in [0.29, 0.717) is 18.0 Å². The molecule has 0 radical (unpaired) electrons. The number of pyridine rings is 1. The van der Waals surface area contributed by atoms with Gasteiger partial charge in [-0.2, -0.15) is 0 Å². The lowest BCUT2D eigenvalue weighted by molar-refractivity contribution is 0.0972. The van der Waals surface area contributed by atoms with Gasteiger partial charge in [0.05, 0.1) is 22.5 Å². The van der Waals surface area contributed by atoms with Gasteiger partial charge in [0.2, 0.25) is 0 Å². The number of benzene rings is 2. The number of rotatable bonds is 3. The van der Waals surface area contributed by atoms with Gasteiger partial charge in [0.1, 0.15) is 0 Å². The van der Waals surface area contributed by atoms with E-state index in [4.69, 9.17) is 16.6 Å². The zero-order valence-corrected chi connectivity index (χ0v) is 13.9. The second kappa shape index (κ2) is 6.25. The molecule has 1 aromatic heterocycles. The SMILES string of the molecule is O=C1CCCc2nc3ccccc3c(NCc3cccc(Cl)c3)c21. The van der Waals surface area contributed by atoms with Crippen LogP contribution in [-0.2, 0) is 13.0 Å². The standard InChI is InChI=1S/C20H17ClN2O/c21-14-6-3-5-13(11-14)12-22-20-15-7-1-2-8-16(15)23-17-9-4-10-18(24)19(17)20/h1-3,5-8,11H,4,9-10,12H2,(H,22,23). The quantitative estimate of drug-likeness (QED) is 0.730. The highest BCUT2D eigenvalue weighted by Gasteiger charge is 2.24. The second-order valence-electron chi connectivity index (χ2n) is 6.09. The maximum atomic E-state index is 12.5. The minimum Gasteiger partial charge on any atom is -0.380 e. The predicted octanol–water partition coefficient (Wildman–Crippen LogP) is 5.02. The lowest BCUT2D eigenvalue weighted by atomic mass is 9.91. The molecule has 1 N–H and O–H groups in total. The fourth-order valence-corrected chi connectivity index (χ4v) is 3.52. The summed E-state index contributed by atoms with van der Waals surface area (Å²) in [4.78, 5) is 17.2. The van der Waals surface area contributed by atoms with Crippen molar-refractivity contribution in [3.8, 4) is 0 Å². The molecular formula is C20H17ClN2O. The molecule has 2 aromatic carbocycles. The van der Waals surface area contributed by atoms with E-state index in [1.54, 1.807) is 0 Å². The summed E-state index contributed by atoms with van der Waals surface area (Å²) in [5, 5.41) is 5.18. The van der Waals surface area contributed by atoms with Crippen LogP contribution in [0.3, 0.4) is 0 Å². The first-order chi connectivity index (χ1) is 11.7. The summed E-state index contributed by atoms with van der Waals surface area (Å²) in [7, 11) is 0. The number of Topliss-reactive ketones (excluding diaryl/α,β-unsaturated/α-hetero) is 1. The zero-order valence-electron chi connectivity index (χ0n) is 13.2. The highest BCUT2D eigenvalue weighted by molar-refractivity contribution is 6.30. The summed E-state index contributed by atoms with van der Waals surface area (Å²) in [6, 6.07) is 15.7. The Morgan fingerprint density at radius 1 is 1.08 bits per heavy atom. The molecule has 0 amide bonds. The number of aryl methyl sites for hydroxylation is 1. The maximum Gasteiger partial charge on any atom is 0.166 e. The Morgan fingerprint density at radius 2 is 1.96 bits per heavy atom. The zero-order chi connectivity index (χ0) is 16.5. The monoisotopic (exact) mass is 336 g/mol. The number of fused-ring (bicyclic) bond motifs is 2. The number of carbonyl (C=O) groups excluding carboxylic acids is 1. The number of aromatic nitrogens is 1.